The van der Waals surface area contributed by atoms with Crippen LogP contribution in [0.4, 0.5) is 10.5 Å². The van der Waals surface area contributed by atoms with E-state index in [0.717, 1.165) is 48.8 Å². The highest BCUT2D eigenvalue weighted by Gasteiger charge is 2.51. The summed E-state index contributed by atoms with van der Waals surface area (Å²) in [5.74, 6) is -0.379. The molecule has 0 radical (unpaired) electrons. The zero-order chi connectivity index (χ0) is 20.4. The molecule has 7 heteroatoms. The number of aromatic nitrogens is 1. The lowest BCUT2D eigenvalue weighted by Crippen LogP contribution is -2.48. The summed E-state index contributed by atoms with van der Waals surface area (Å²) in [6.07, 6.45) is 7.58. The fraction of sp³-hybridized carbons (Fsp3) is 0.500. The maximum Gasteiger partial charge on any atom is 0.325 e. The Morgan fingerprint density at radius 1 is 1.14 bits per heavy atom. The number of rotatable bonds is 6. The van der Waals surface area contributed by atoms with Gasteiger partial charge in [-0.05, 0) is 43.5 Å². The van der Waals surface area contributed by atoms with Gasteiger partial charge in [0.05, 0.1) is 0 Å². The quantitative estimate of drug-likeness (QED) is 0.732. The molecule has 4 amide bonds. The summed E-state index contributed by atoms with van der Waals surface area (Å²) in [6, 6.07) is 7.51. The minimum absolute atomic E-state index is 0.0874. The molecule has 2 aromatic rings. The van der Waals surface area contributed by atoms with Crippen molar-refractivity contribution in [3.63, 3.8) is 0 Å². The van der Waals surface area contributed by atoms with Gasteiger partial charge in [-0.15, -0.1) is 0 Å². The molecular formula is C22H28N4O3. The molecule has 1 aliphatic heterocycles. The minimum Gasteiger partial charge on any atom is -0.347 e. The molecule has 154 valence electrons. The van der Waals surface area contributed by atoms with Gasteiger partial charge in [-0.1, -0.05) is 26.2 Å². The number of nitrogens with zero attached hydrogens (tertiary/aromatic N) is 2. The fourth-order valence-corrected chi connectivity index (χ4v) is 4.52. The molecule has 2 fully saturated rings. The van der Waals surface area contributed by atoms with Gasteiger partial charge in [0.25, 0.3) is 5.91 Å². The Morgan fingerprint density at radius 2 is 1.93 bits per heavy atom. The Hall–Kier alpha value is -2.83. The third-order valence-electron chi connectivity index (χ3n) is 6.03. The molecule has 7 nitrogen and oxygen atoms in total. The molecule has 2 N–H and O–H groups in total. The molecule has 2 heterocycles. The number of carbonyl (C=O) groups excluding carboxylic acids is 3. The van der Waals surface area contributed by atoms with Crippen LogP contribution in [0.25, 0.3) is 10.9 Å². The van der Waals surface area contributed by atoms with Crippen molar-refractivity contribution in [3.05, 3.63) is 30.5 Å². The molecule has 1 aromatic carbocycles. The summed E-state index contributed by atoms with van der Waals surface area (Å²) in [4.78, 5) is 38.7. The van der Waals surface area contributed by atoms with Gasteiger partial charge in [-0.2, -0.15) is 0 Å². The lowest BCUT2D eigenvalue weighted by Gasteiger charge is -2.30. The molecule has 1 spiro atoms. The van der Waals surface area contributed by atoms with E-state index in [-0.39, 0.29) is 30.8 Å². The Morgan fingerprint density at radius 3 is 2.69 bits per heavy atom. The van der Waals surface area contributed by atoms with Gasteiger partial charge in [0, 0.05) is 42.3 Å². The topological polar surface area (TPSA) is 83.4 Å². The van der Waals surface area contributed by atoms with E-state index in [2.05, 4.69) is 28.3 Å². The zero-order valence-corrected chi connectivity index (χ0v) is 16.9. The maximum absolute atomic E-state index is 12.8. The third kappa shape index (κ3) is 3.73. The lowest BCUT2D eigenvalue weighted by molar-refractivity contribution is -0.132. The fourth-order valence-electron chi connectivity index (χ4n) is 4.52. The summed E-state index contributed by atoms with van der Waals surface area (Å²) in [7, 11) is 0. The number of urea groups is 1. The van der Waals surface area contributed by atoms with Gasteiger partial charge < -0.3 is 15.2 Å². The number of hydrogen-bond donors (Lipinski definition) is 2. The van der Waals surface area contributed by atoms with Gasteiger partial charge in [-0.25, -0.2) is 4.79 Å². The number of fused-ring (bicyclic) bond motifs is 1. The monoisotopic (exact) mass is 396 g/mol. The third-order valence-corrected chi connectivity index (χ3v) is 6.03. The van der Waals surface area contributed by atoms with E-state index >= 15 is 0 Å². The Labute approximate surface area is 170 Å². The molecule has 1 aromatic heterocycles. The highest BCUT2D eigenvalue weighted by molar-refractivity contribution is 6.07. The van der Waals surface area contributed by atoms with E-state index in [1.807, 2.05) is 24.3 Å². The summed E-state index contributed by atoms with van der Waals surface area (Å²) in [5, 5.41) is 6.83. The van der Waals surface area contributed by atoms with Crippen molar-refractivity contribution in [2.75, 3.05) is 11.9 Å². The van der Waals surface area contributed by atoms with Gasteiger partial charge in [-0.3, -0.25) is 14.5 Å². The average molecular weight is 396 g/mol. The summed E-state index contributed by atoms with van der Waals surface area (Å²) < 4.78 is 2.19. The second kappa shape index (κ2) is 7.89. The van der Waals surface area contributed by atoms with Crippen LogP contribution in [0.2, 0.25) is 0 Å². The number of benzene rings is 1. The van der Waals surface area contributed by atoms with Gasteiger partial charge in [0.1, 0.15) is 5.54 Å². The first-order valence-corrected chi connectivity index (χ1v) is 10.6. The van der Waals surface area contributed by atoms with Crippen molar-refractivity contribution in [2.24, 2.45) is 0 Å². The minimum atomic E-state index is -0.734. The van der Waals surface area contributed by atoms with Crippen molar-refractivity contribution in [1.29, 1.82) is 0 Å². The van der Waals surface area contributed by atoms with Gasteiger partial charge in [0.15, 0.2) is 0 Å². The van der Waals surface area contributed by atoms with Crippen molar-refractivity contribution in [3.8, 4) is 0 Å². The second-order valence-corrected chi connectivity index (χ2v) is 8.11. The molecule has 1 saturated carbocycles. The summed E-state index contributed by atoms with van der Waals surface area (Å²) in [5.41, 5.74) is 1.13. The summed E-state index contributed by atoms with van der Waals surface area (Å²) >= 11 is 0. The van der Waals surface area contributed by atoms with Crippen molar-refractivity contribution in [2.45, 2.75) is 64.0 Å². The van der Waals surface area contributed by atoms with Crippen LogP contribution in [0.15, 0.2) is 30.5 Å². The van der Waals surface area contributed by atoms with Crippen LogP contribution in [0.5, 0.6) is 0 Å². The number of nitrogens with one attached hydrogen (secondary N) is 2. The highest BCUT2D eigenvalue weighted by Crippen LogP contribution is 2.33. The first-order chi connectivity index (χ1) is 14.0. The summed E-state index contributed by atoms with van der Waals surface area (Å²) in [6.45, 7) is 3.21. The van der Waals surface area contributed by atoms with Crippen molar-refractivity contribution >= 4 is 34.4 Å². The Balaban J connectivity index is 1.36. The van der Waals surface area contributed by atoms with Crippen LogP contribution >= 0.6 is 0 Å². The van der Waals surface area contributed by atoms with Crippen LogP contribution < -0.4 is 10.6 Å². The molecule has 1 saturated heterocycles. The molecule has 0 atom stereocenters. The van der Waals surface area contributed by atoms with E-state index < -0.39 is 5.54 Å². The smallest absolute Gasteiger partial charge is 0.325 e. The number of anilines is 1. The van der Waals surface area contributed by atoms with E-state index in [0.29, 0.717) is 12.8 Å². The highest BCUT2D eigenvalue weighted by atomic mass is 16.2. The maximum atomic E-state index is 12.8. The molecule has 0 bridgehead atoms. The van der Waals surface area contributed by atoms with E-state index in [9.17, 15) is 14.4 Å². The number of aryl methyl sites for hydroxylation is 1. The van der Waals surface area contributed by atoms with Crippen molar-refractivity contribution < 1.29 is 14.4 Å². The zero-order valence-electron chi connectivity index (χ0n) is 16.9. The van der Waals surface area contributed by atoms with E-state index in [4.69, 9.17) is 0 Å². The van der Waals surface area contributed by atoms with Gasteiger partial charge in [0.2, 0.25) is 5.91 Å². The van der Waals surface area contributed by atoms with Crippen LogP contribution in [-0.4, -0.2) is 39.4 Å². The molecule has 0 unspecified atom stereocenters. The predicted octanol–water partition coefficient (Wildman–Crippen LogP) is 3.63. The van der Waals surface area contributed by atoms with Crippen LogP contribution in [0.3, 0.4) is 0 Å². The predicted molar refractivity (Wildman–Crippen MR) is 112 cm³/mol. The standard InChI is InChI=1S/C22H28N4O3/c1-2-12-25-13-8-16-15-17(6-7-18(16)25)23-19(27)9-14-26-20(28)22(24-21(26)29)10-4-3-5-11-22/h6-8,13,15H,2-5,9-12,14H2,1H3,(H,23,27)(H,24,29). The SMILES string of the molecule is CCCn1ccc2cc(NC(=O)CCN3C(=O)NC4(CCCCC4)C3=O)ccc21. The Kier molecular flexibility index (Phi) is 5.30. The van der Waals surface area contributed by atoms with Crippen molar-refractivity contribution in [1.82, 2.24) is 14.8 Å². The first-order valence-electron chi connectivity index (χ1n) is 10.6. The molecule has 29 heavy (non-hydrogen) atoms. The normalized spacial score (nSPS) is 18.4. The lowest BCUT2D eigenvalue weighted by atomic mass is 9.82. The van der Waals surface area contributed by atoms with Crippen LogP contribution in [0, 0.1) is 0 Å². The molecule has 1 aliphatic carbocycles. The molecule has 4 rings (SSSR count). The van der Waals surface area contributed by atoms with E-state index in [1.54, 1.807) is 0 Å². The number of imide groups is 1. The average Bonchev–Trinajstić information content (AvgIpc) is 3.20. The number of amides is 4. The largest absolute Gasteiger partial charge is 0.347 e. The molecular weight excluding hydrogens is 368 g/mol. The van der Waals surface area contributed by atoms with Gasteiger partial charge >= 0.3 is 6.03 Å². The Bertz CT molecular complexity index is 943. The van der Waals surface area contributed by atoms with Crippen LogP contribution in [-0.2, 0) is 16.1 Å². The van der Waals surface area contributed by atoms with E-state index in [1.165, 1.54) is 4.90 Å². The number of hydrogen-bond acceptors (Lipinski definition) is 3. The second-order valence-electron chi connectivity index (χ2n) is 8.11. The molecule has 2 aliphatic rings. The first kappa shape index (κ1) is 19.5. The van der Waals surface area contributed by atoms with Crippen LogP contribution in [0.1, 0.15) is 51.9 Å². The number of carbonyl (C=O) groups is 3.